The van der Waals surface area contributed by atoms with Gasteiger partial charge in [0.05, 0.1) is 10.6 Å². The van der Waals surface area contributed by atoms with Gasteiger partial charge in [-0.2, -0.15) is 0 Å². The van der Waals surface area contributed by atoms with Gasteiger partial charge in [-0.05, 0) is 31.0 Å². The summed E-state index contributed by atoms with van der Waals surface area (Å²) in [6, 6.07) is 3.99. The van der Waals surface area contributed by atoms with Crippen molar-refractivity contribution in [2.24, 2.45) is 5.92 Å². The number of halogens is 1. The van der Waals surface area contributed by atoms with Crippen LogP contribution in [0.2, 0.25) is 5.02 Å². The average Bonchev–Trinajstić information content (AvgIpc) is 2.37. The molecule has 1 aromatic rings. The molecule has 0 aliphatic rings. The number of carbonyl (C=O) groups excluding carboxylic acids is 1. The third kappa shape index (κ3) is 4.42. The molecule has 0 heterocycles. The van der Waals surface area contributed by atoms with Crippen molar-refractivity contribution in [3.63, 3.8) is 0 Å². The third-order valence-corrected chi connectivity index (χ3v) is 3.63. The topological polar surface area (TPSA) is 78.4 Å². The number of hydrogen-bond donors (Lipinski definition) is 3. The van der Waals surface area contributed by atoms with Crippen molar-refractivity contribution in [1.82, 2.24) is 5.32 Å². The highest BCUT2D eigenvalue weighted by Crippen LogP contribution is 2.21. The summed E-state index contributed by atoms with van der Waals surface area (Å²) in [4.78, 5) is 22.6. The molecule has 0 aliphatic carbocycles. The fraction of sp³-hybridized carbons (Fsp3) is 0.429. The molecule has 1 rings (SSSR count). The zero-order valence-electron chi connectivity index (χ0n) is 11.7. The SMILES string of the molecule is CCC(C)C(C)NC(=O)Nc1ccc(C(=O)O)c(Cl)c1. The van der Waals surface area contributed by atoms with Gasteiger partial charge in [-0.25, -0.2) is 9.59 Å². The number of rotatable bonds is 5. The number of amides is 2. The van der Waals surface area contributed by atoms with Gasteiger partial charge in [-0.3, -0.25) is 0 Å². The second kappa shape index (κ2) is 7.14. The van der Waals surface area contributed by atoms with Crippen LogP contribution in [0.4, 0.5) is 10.5 Å². The van der Waals surface area contributed by atoms with E-state index in [1.165, 1.54) is 18.2 Å². The van der Waals surface area contributed by atoms with E-state index in [0.29, 0.717) is 11.6 Å². The van der Waals surface area contributed by atoms with Crippen LogP contribution in [-0.4, -0.2) is 23.1 Å². The molecular formula is C14H19ClN2O3. The molecule has 0 bridgehead atoms. The minimum Gasteiger partial charge on any atom is -0.478 e. The van der Waals surface area contributed by atoms with E-state index < -0.39 is 5.97 Å². The Hall–Kier alpha value is -1.75. The molecule has 6 heteroatoms. The quantitative estimate of drug-likeness (QED) is 0.777. The lowest BCUT2D eigenvalue weighted by Crippen LogP contribution is -2.39. The van der Waals surface area contributed by atoms with Crippen molar-refractivity contribution >= 4 is 29.3 Å². The minimum atomic E-state index is -1.10. The van der Waals surface area contributed by atoms with Crippen LogP contribution in [0.5, 0.6) is 0 Å². The van der Waals surface area contributed by atoms with Gasteiger partial charge < -0.3 is 15.7 Å². The van der Waals surface area contributed by atoms with Crippen LogP contribution in [0.1, 0.15) is 37.6 Å². The summed E-state index contributed by atoms with van der Waals surface area (Å²) in [5, 5.41) is 14.4. The second-order valence-corrected chi connectivity index (χ2v) is 5.18. The maximum absolute atomic E-state index is 11.8. The van der Waals surface area contributed by atoms with Gasteiger partial charge in [0, 0.05) is 11.7 Å². The molecule has 0 aliphatic heterocycles. The number of benzene rings is 1. The molecule has 5 nitrogen and oxygen atoms in total. The van der Waals surface area contributed by atoms with Gasteiger partial charge in [0.25, 0.3) is 0 Å². The van der Waals surface area contributed by atoms with Crippen LogP contribution in [-0.2, 0) is 0 Å². The zero-order chi connectivity index (χ0) is 15.3. The summed E-state index contributed by atoms with van der Waals surface area (Å²) in [7, 11) is 0. The van der Waals surface area contributed by atoms with Gasteiger partial charge in [0.15, 0.2) is 0 Å². The first-order valence-corrected chi connectivity index (χ1v) is 6.83. The van der Waals surface area contributed by atoms with Gasteiger partial charge >= 0.3 is 12.0 Å². The molecule has 2 atom stereocenters. The first kappa shape index (κ1) is 16.3. The van der Waals surface area contributed by atoms with Crippen LogP contribution in [0.3, 0.4) is 0 Å². The normalized spacial score (nSPS) is 13.4. The number of hydrogen-bond acceptors (Lipinski definition) is 2. The number of aromatic carboxylic acids is 1. The minimum absolute atomic E-state index is 0.00518. The molecule has 0 aromatic heterocycles. The molecule has 1 aromatic carbocycles. The Morgan fingerprint density at radius 2 is 2.00 bits per heavy atom. The summed E-state index contributed by atoms with van der Waals surface area (Å²) in [5.74, 6) is -0.727. The van der Waals surface area contributed by atoms with E-state index in [1.54, 1.807) is 0 Å². The van der Waals surface area contributed by atoms with Crippen molar-refractivity contribution in [1.29, 1.82) is 0 Å². The van der Waals surface area contributed by atoms with Crippen LogP contribution in [0, 0.1) is 5.92 Å². The van der Waals surface area contributed by atoms with E-state index in [9.17, 15) is 9.59 Å². The van der Waals surface area contributed by atoms with Crippen LogP contribution < -0.4 is 10.6 Å². The molecule has 0 saturated carbocycles. The van der Waals surface area contributed by atoms with E-state index in [-0.39, 0.29) is 22.7 Å². The molecule has 0 radical (unpaired) electrons. The molecule has 20 heavy (non-hydrogen) atoms. The molecule has 2 amide bonds. The van der Waals surface area contributed by atoms with Crippen molar-refractivity contribution < 1.29 is 14.7 Å². The lowest BCUT2D eigenvalue weighted by molar-refractivity contribution is 0.0697. The number of anilines is 1. The van der Waals surface area contributed by atoms with E-state index >= 15 is 0 Å². The second-order valence-electron chi connectivity index (χ2n) is 4.77. The van der Waals surface area contributed by atoms with Crippen molar-refractivity contribution in [2.45, 2.75) is 33.2 Å². The maximum atomic E-state index is 11.8. The molecule has 3 N–H and O–H groups in total. The van der Waals surface area contributed by atoms with Gasteiger partial charge in [0.1, 0.15) is 0 Å². The van der Waals surface area contributed by atoms with Crippen LogP contribution in [0.25, 0.3) is 0 Å². The van der Waals surface area contributed by atoms with E-state index in [1.807, 2.05) is 6.92 Å². The third-order valence-electron chi connectivity index (χ3n) is 3.31. The van der Waals surface area contributed by atoms with Crippen molar-refractivity contribution in [3.05, 3.63) is 28.8 Å². The highest BCUT2D eigenvalue weighted by atomic mass is 35.5. The standard InChI is InChI=1S/C14H19ClN2O3/c1-4-8(2)9(3)16-14(20)17-10-5-6-11(13(18)19)12(15)7-10/h5-9H,4H2,1-3H3,(H,18,19)(H2,16,17,20). The predicted molar refractivity (Wildman–Crippen MR) is 79.5 cm³/mol. The predicted octanol–water partition coefficient (Wildman–Crippen LogP) is 3.59. The molecule has 0 fully saturated rings. The number of carbonyl (C=O) groups is 2. The molecule has 0 saturated heterocycles. The Bertz CT molecular complexity index is 505. The number of urea groups is 1. The number of carboxylic acid groups (broad SMARTS) is 1. The Balaban J connectivity index is 2.67. The van der Waals surface area contributed by atoms with Gasteiger partial charge in [-0.15, -0.1) is 0 Å². The molecule has 0 spiro atoms. The first-order chi connectivity index (χ1) is 9.35. The van der Waals surface area contributed by atoms with Gasteiger partial charge in [-0.1, -0.05) is 31.9 Å². The van der Waals surface area contributed by atoms with Crippen molar-refractivity contribution in [2.75, 3.05) is 5.32 Å². The molecule has 110 valence electrons. The lowest BCUT2D eigenvalue weighted by atomic mass is 10.0. The number of nitrogens with one attached hydrogen (secondary N) is 2. The lowest BCUT2D eigenvalue weighted by Gasteiger charge is -2.20. The summed E-state index contributed by atoms with van der Waals surface area (Å²) in [6.45, 7) is 6.06. The fourth-order valence-corrected chi connectivity index (χ4v) is 1.90. The Kier molecular flexibility index (Phi) is 5.82. The molecule has 2 unspecified atom stereocenters. The fourth-order valence-electron chi connectivity index (χ4n) is 1.64. The van der Waals surface area contributed by atoms with Gasteiger partial charge in [0.2, 0.25) is 0 Å². The Morgan fingerprint density at radius 3 is 2.50 bits per heavy atom. The monoisotopic (exact) mass is 298 g/mol. The smallest absolute Gasteiger partial charge is 0.337 e. The highest BCUT2D eigenvalue weighted by molar-refractivity contribution is 6.33. The number of carboxylic acids is 1. The van der Waals surface area contributed by atoms with E-state index in [4.69, 9.17) is 16.7 Å². The average molecular weight is 299 g/mol. The van der Waals surface area contributed by atoms with E-state index in [2.05, 4.69) is 24.5 Å². The first-order valence-electron chi connectivity index (χ1n) is 6.45. The zero-order valence-corrected chi connectivity index (χ0v) is 12.5. The van der Waals surface area contributed by atoms with E-state index in [0.717, 1.165) is 6.42 Å². The molecular weight excluding hydrogens is 280 g/mol. The Labute approximate surface area is 123 Å². The summed E-state index contributed by atoms with van der Waals surface area (Å²) >= 11 is 5.83. The van der Waals surface area contributed by atoms with Crippen LogP contribution >= 0.6 is 11.6 Å². The summed E-state index contributed by atoms with van der Waals surface area (Å²) in [6.07, 6.45) is 0.973. The van der Waals surface area contributed by atoms with Crippen molar-refractivity contribution in [3.8, 4) is 0 Å². The van der Waals surface area contributed by atoms with Crippen LogP contribution in [0.15, 0.2) is 18.2 Å². The Morgan fingerprint density at radius 1 is 1.35 bits per heavy atom. The summed E-state index contributed by atoms with van der Waals surface area (Å²) < 4.78 is 0. The summed E-state index contributed by atoms with van der Waals surface area (Å²) in [5.41, 5.74) is 0.458. The largest absolute Gasteiger partial charge is 0.478 e. The highest BCUT2D eigenvalue weighted by Gasteiger charge is 2.14. The maximum Gasteiger partial charge on any atom is 0.337 e.